The van der Waals surface area contributed by atoms with Gasteiger partial charge in [0.15, 0.2) is 0 Å². The molecule has 114 valence electrons. The van der Waals surface area contributed by atoms with E-state index in [0.29, 0.717) is 4.91 Å². The molecular weight excluding hydrogens is 296 g/mol. The maximum atomic E-state index is 11.6. The number of anilines is 1. The SMILES string of the molecule is CC1=CC(C)(C)N(C)c2ccc(/C=C3\SC(=O)NC3=O)cc21. The van der Waals surface area contributed by atoms with Crippen LogP contribution in [0.2, 0.25) is 0 Å². The Labute approximate surface area is 134 Å². The third-order valence-corrected chi connectivity index (χ3v) is 4.99. The van der Waals surface area contributed by atoms with Crippen LogP contribution in [0.5, 0.6) is 0 Å². The van der Waals surface area contributed by atoms with Crippen molar-refractivity contribution < 1.29 is 9.59 Å². The second-order valence-electron chi connectivity index (χ2n) is 6.17. The molecule has 0 aliphatic carbocycles. The highest BCUT2D eigenvalue weighted by atomic mass is 32.2. The van der Waals surface area contributed by atoms with Gasteiger partial charge in [-0.15, -0.1) is 0 Å². The van der Waals surface area contributed by atoms with Crippen molar-refractivity contribution in [2.45, 2.75) is 26.3 Å². The van der Waals surface area contributed by atoms with Crippen molar-refractivity contribution in [1.82, 2.24) is 5.32 Å². The average molecular weight is 314 g/mol. The van der Waals surface area contributed by atoms with Crippen LogP contribution in [0.25, 0.3) is 11.6 Å². The van der Waals surface area contributed by atoms with Crippen LogP contribution in [0.1, 0.15) is 31.9 Å². The lowest BCUT2D eigenvalue weighted by atomic mass is 9.88. The number of hydrogen-bond acceptors (Lipinski definition) is 4. The highest BCUT2D eigenvalue weighted by Gasteiger charge is 2.29. The third-order valence-electron chi connectivity index (χ3n) is 4.18. The number of fused-ring (bicyclic) bond motifs is 1. The molecule has 0 unspecified atom stereocenters. The van der Waals surface area contributed by atoms with E-state index in [4.69, 9.17) is 0 Å². The predicted molar refractivity (Wildman–Crippen MR) is 91.7 cm³/mol. The summed E-state index contributed by atoms with van der Waals surface area (Å²) in [6.07, 6.45) is 4.00. The number of nitrogens with zero attached hydrogens (tertiary/aromatic N) is 1. The highest BCUT2D eigenvalue weighted by Crippen LogP contribution is 2.38. The molecular formula is C17H18N2O2S. The molecule has 1 aromatic rings. The fourth-order valence-electron chi connectivity index (χ4n) is 2.84. The van der Waals surface area contributed by atoms with Crippen LogP contribution in [0.3, 0.4) is 0 Å². The number of amides is 2. The van der Waals surface area contributed by atoms with E-state index >= 15 is 0 Å². The standard InChI is InChI=1S/C17H18N2O2S/c1-10-9-17(2,3)19(4)13-6-5-11(7-12(10)13)8-14-15(20)18-16(21)22-14/h5-9H,1-4H3,(H,18,20,21)/b14-8-. The molecule has 2 aliphatic heterocycles. The molecule has 0 bridgehead atoms. The Bertz CT molecular complexity index is 747. The Kier molecular flexibility index (Phi) is 3.40. The van der Waals surface area contributed by atoms with E-state index < -0.39 is 0 Å². The predicted octanol–water partition coefficient (Wildman–Crippen LogP) is 3.64. The highest BCUT2D eigenvalue weighted by molar-refractivity contribution is 8.18. The van der Waals surface area contributed by atoms with E-state index in [1.165, 1.54) is 11.3 Å². The van der Waals surface area contributed by atoms with E-state index in [0.717, 1.165) is 22.9 Å². The quantitative estimate of drug-likeness (QED) is 0.804. The number of carbonyl (C=O) groups excluding carboxylic acids is 2. The summed E-state index contributed by atoms with van der Waals surface area (Å²) < 4.78 is 0. The minimum Gasteiger partial charge on any atom is -0.366 e. The second kappa shape index (κ2) is 5.02. The van der Waals surface area contributed by atoms with Gasteiger partial charge in [0, 0.05) is 18.3 Å². The van der Waals surface area contributed by atoms with Gasteiger partial charge in [-0.05, 0) is 61.9 Å². The zero-order valence-corrected chi connectivity index (χ0v) is 13.9. The number of thioether (sulfide) groups is 1. The molecule has 2 aliphatic rings. The molecule has 2 amide bonds. The van der Waals surface area contributed by atoms with Gasteiger partial charge in [0.25, 0.3) is 11.1 Å². The molecule has 0 aromatic heterocycles. The van der Waals surface area contributed by atoms with Gasteiger partial charge in [0.2, 0.25) is 0 Å². The smallest absolute Gasteiger partial charge is 0.290 e. The van der Waals surface area contributed by atoms with Gasteiger partial charge >= 0.3 is 0 Å². The molecule has 0 saturated carbocycles. The Balaban J connectivity index is 2.02. The van der Waals surface area contributed by atoms with Crippen molar-refractivity contribution in [2.75, 3.05) is 11.9 Å². The number of hydrogen-bond donors (Lipinski definition) is 1. The second-order valence-corrected chi connectivity index (χ2v) is 7.18. The summed E-state index contributed by atoms with van der Waals surface area (Å²) in [4.78, 5) is 25.6. The van der Waals surface area contributed by atoms with E-state index in [1.807, 2.05) is 6.07 Å². The Morgan fingerprint density at radius 3 is 2.64 bits per heavy atom. The molecule has 0 radical (unpaired) electrons. The summed E-state index contributed by atoms with van der Waals surface area (Å²) in [6, 6.07) is 6.11. The number of likely N-dealkylation sites (N-methyl/N-ethyl adjacent to an activating group) is 1. The third kappa shape index (κ3) is 2.46. The lowest BCUT2D eigenvalue weighted by Gasteiger charge is -2.40. The molecule has 5 heteroatoms. The summed E-state index contributed by atoms with van der Waals surface area (Å²) in [5, 5.41) is 1.96. The van der Waals surface area contributed by atoms with Gasteiger partial charge < -0.3 is 4.90 Å². The summed E-state index contributed by atoms with van der Waals surface area (Å²) >= 11 is 0.943. The normalized spacial score (nSPS) is 21.7. The van der Waals surface area contributed by atoms with Gasteiger partial charge in [0.1, 0.15) is 0 Å². The molecule has 1 saturated heterocycles. The fraction of sp³-hybridized carbons (Fsp3) is 0.294. The minimum atomic E-state index is -0.321. The first-order valence-electron chi connectivity index (χ1n) is 7.10. The summed E-state index contributed by atoms with van der Waals surface area (Å²) in [6.45, 7) is 6.46. The van der Waals surface area contributed by atoms with Gasteiger partial charge in [-0.2, -0.15) is 0 Å². The molecule has 4 nitrogen and oxygen atoms in total. The number of nitrogens with one attached hydrogen (secondary N) is 1. The topological polar surface area (TPSA) is 49.4 Å². The summed E-state index contributed by atoms with van der Waals surface area (Å²) in [7, 11) is 2.08. The van der Waals surface area contributed by atoms with Crippen molar-refractivity contribution in [3.63, 3.8) is 0 Å². The van der Waals surface area contributed by atoms with Gasteiger partial charge in [-0.3, -0.25) is 14.9 Å². The van der Waals surface area contributed by atoms with Crippen molar-refractivity contribution >= 4 is 40.2 Å². The van der Waals surface area contributed by atoms with Crippen LogP contribution in [-0.2, 0) is 4.79 Å². The molecule has 0 atom stereocenters. The number of rotatable bonds is 1. The Hall–Kier alpha value is -2.01. The number of benzene rings is 1. The maximum Gasteiger partial charge on any atom is 0.290 e. The van der Waals surface area contributed by atoms with Crippen molar-refractivity contribution in [1.29, 1.82) is 0 Å². The van der Waals surface area contributed by atoms with E-state index in [9.17, 15) is 9.59 Å². The zero-order chi connectivity index (χ0) is 16.1. The average Bonchev–Trinajstić information content (AvgIpc) is 2.74. The lowest BCUT2D eigenvalue weighted by Crippen LogP contribution is -2.42. The first kappa shape index (κ1) is 14.9. The number of carbonyl (C=O) groups is 2. The first-order valence-corrected chi connectivity index (χ1v) is 7.92. The van der Waals surface area contributed by atoms with Crippen LogP contribution in [0, 0.1) is 0 Å². The largest absolute Gasteiger partial charge is 0.366 e. The molecule has 22 heavy (non-hydrogen) atoms. The monoisotopic (exact) mass is 314 g/mol. The van der Waals surface area contributed by atoms with E-state index in [-0.39, 0.29) is 16.7 Å². The molecule has 1 aromatic carbocycles. The van der Waals surface area contributed by atoms with Gasteiger partial charge in [-0.25, -0.2) is 0 Å². The van der Waals surface area contributed by atoms with E-state index in [2.05, 4.69) is 56.2 Å². The first-order chi connectivity index (χ1) is 10.3. The Morgan fingerprint density at radius 1 is 1.27 bits per heavy atom. The van der Waals surface area contributed by atoms with Gasteiger partial charge in [0.05, 0.1) is 10.4 Å². The van der Waals surface area contributed by atoms with Gasteiger partial charge in [-0.1, -0.05) is 12.1 Å². The fourth-order valence-corrected chi connectivity index (χ4v) is 3.52. The summed E-state index contributed by atoms with van der Waals surface area (Å²) in [5.41, 5.74) is 4.45. The van der Waals surface area contributed by atoms with Crippen molar-refractivity contribution in [2.24, 2.45) is 0 Å². The molecule has 2 heterocycles. The van der Waals surface area contributed by atoms with Crippen LogP contribution in [0.15, 0.2) is 29.2 Å². The minimum absolute atomic E-state index is 0.0231. The van der Waals surface area contributed by atoms with E-state index in [1.54, 1.807) is 6.08 Å². The molecule has 0 spiro atoms. The number of imide groups is 1. The zero-order valence-electron chi connectivity index (χ0n) is 13.1. The van der Waals surface area contributed by atoms with Crippen LogP contribution >= 0.6 is 11.8 Å². The Morgan fingerprint density at radius 2 is 2.00 bits per heavy atom. The maximum absolute atomic E-state index is 11.6. The van der Waals surface area contributed by atoms with Crippen molar-refractivity contribution in [3.05, 3.63) is 40.3 Å². The number of allylic oxidation sites excluding steroid dienone is 1. The molecule has 1 N–H and O–H groups in total. The lowest BCUT2D eigenvalue weighted by molar-refractivity contribution is -0.115. The van der Waals surface area contributed by atoms with Crippen LogP contribution < -0.4 is 10.2 Å². The van der Waals surface area contributed by atoms with Crippen molar-refractivity contribution in [3.8, 4) is 0 Å². The van der Waals surface area contributed by atoms with Crippen LogP contribution in [0.4, 0.5) is 10.5 Å². The molecule has 3 rings (SSSR count). The molecule has 1 fully saturated rings. The summed E-state index contributed by atoms with van der Waals surface area (Å²) in [5.74, 6) is -0.321. The van der Waals surface area contributed by atoms with Crippen LogP contribution in [-0.4, -0.2) is 23.7 Å².